The van der Waals surface area contributed by atoms with Crippen LogP contribution in [0.2, 0.25) is 0 Å². The lowest BCUT2D eigenvalue weighted by molar-refractivity contribution is -0.697. The molecule has 0 aliphatic rings. The van der Waals surface area contributed by atoms with Crippen LogP contribution in [0.5, 0.6) is 0 Å². The van der Waals surface area contributed by atoms with E-state index >= 15 is 0 Å². The number of carbonyl (C=O) groups excluding carboxylic acids is 1. The minimum Gasteiger partial charge on any atom is -1.00 e. The highest BCUT2D eigenvalue weighted by Gasteiger charge is 2.14. The number of aromatic nitrogens is 2. The van der Waals surface area contributed by atoms with Crippen molar-refractivity contribution in [3.8, 4) is 0 Å². The highest BCUT2D eigenvalue weighted by atomic mass is 127. The van der Waals surface area contributed by atoms with Crippen LogP contribution in [0.15, 0.2) is 18.7 Å². The maximum Gasteiger partial charge on any atom is 0.258 e. The first kappa shape index (κ1) is 22.6. The zero-order valence-corrected chi connectivity index (χ0v) is 16.9. The maximum atomic E-state index is 10.8. The molecule has 0 bridgehead atoms. The van der Waals surface area contributed by atoms with Gasteiger partial charge in [-0.3, -0.25) is 4.79 Å². The molecule has 0 amide bonds. The molecular formula is C18H33IN2O2. The lowest BCUT2D eigenvalue weighted by atomic mass is 10.1. The molecule has 134 valence electrons. The minimum atomic E-state index is -0.506. The van der Waals surface area contributed by atoms with Gasteiger partial charge in [0.05, 0.1) is 6.54 Å². The molecule has 0 aromatic carbocycles. The van der Waals surface area contributed by atoms with Gasteiger partial charge in [-0.1, -0.05) is 58.3 Å². The number of aryl methyl sites for hydroxylation is 1. The van der Waals surface area contributed by atoms with Crippen molar-refractivity contribution >= 4 is 6.29 Å². The van der Waals surface area contributed by atoms with Gasteiger partial charge < -0.3 is 28.7 Å². The Bertz CT molecular complexity index is 396. The predicted octanol–water partition coefficient (Wildman–Crippen LogP) is 1.04. The van der Waals surface area contributed by atoms with Crippen molar-refractivity contribution in [1.29, 1.82) is 0 Å². The van der Waals surface area contributed by atoms with E-state index in [1.54, 1.807) is 11.7 Å². The topological polar surface area (TPSA) is 35.1 Å². The number of carbonyl (C=O) groups is 1. The van der Waals surface area contributed by atoms with Crippen molar-refractivity contribution in [3.63, 3.8) is 0 Å². The van der Waals surface area contributed by atoms with Gasteiger partial charge in [0.2, 0.25) is 6.33 Å². The van der Waals surface area contributed by atoms with E-state index < -0.39 is 6.23 Å². The van der Waals surface area contributed by atoms with Gasteiger partial charge in [0.15, 0.2) is 6.29 Å². The lowest BCUT2D eigenvalue weighted by Crippen LogP contribution is -3.00. The van der Waals surface area contributed by atoms with E-state index in [0.29, 0.717) is 0 Å². The molecule has 0 saturated heterocycles. The number of hydrogen-bond donors (Lipinski definition) is 0. The second-order valence-electron chi connectivity index (χ2n) is 6.04. The van der Waals surface area contributed by atoms with Crippen LogP contribution in [0.4, 0.5) is 0 Å². The Kier molecular flexibility index (Phi) is 14.8. The number of halogens is 1. The molecule has 4 nitrogen and oxygen atoms in total. The van der Waals surface area contributed by atoms with E-state index in [4.69, 9.17) is 4.74 Å². The van der Waals surface area contributed by atoms with E-state index in [-0.39, 0.29) is 24.0 Å². The molecule has 23 heavy (non-hydrogen) atoms. The lowest BCUT2D eigenvalue weighted by Gasteiger charge is -2.03. The molecule has 0 aliphatic heterocycles. The summed E-state index contributed by atoms with van der Waals surface area (Å²) in [6.07, 6.45) is 19.7. The van der Waals surface area contributed by atoms with Gasteiger partial charge in [-0.25, -0.2) is 9.13 Å². The summed E-state index contributed by atoms with van der Waals surface area (Å²) in [5.41, 5.74) is 0. The van der Waals surface area contributed by atoms with Crippen LogP contribution in [-0.2, 0) is 16.1 Å². The summed E-state index contributed by atoms with van der Waals surface area (Å²) in [4.78, 5) is 10.8. The second-order valence-corrected chi connectivity index (χ2v) is 6.04. The molecule has 1 atom stereocenters. The molecular weight excluding hydrogens is 403 g/mol. The van der Waals surface area contributed by atoms with Gasteiger partial charge in [0, 0.05) is 7.11 Å². The average molecular weight is 436 g/mol. The summed E-state index contributed by atoms with van der Waals surface area (Å²) >= 11 is 0. The average Bonchev–Trinajstić information content (AvgIpc) is 2.99. The summed E-state index contributed by atoms with van der Waals surface area (Å²) in [6.45, 7) is 3.28. The highest BCUT2D eigenvalue weighted by molar-refractivity contribution is 5.53. The standard InChI is InChI=1S/C18H33N2O2.HI/c1-3-4-5-6-7-8-9-10-11-12-13-19-14-15-20(17-19)18(16-21)22-2;/h14-18H,3-13H2,1-2H3;1H/q+1;/p-1. The van der Waals surface area contributed by atoms with E-state index in [1.807, 2.05) is 18.7 Å². The van der Waals surface area contributed by atoms with Crippen molar-refractivity contribution in [2.75, 3.05) is 7.11 Å². The highest BCUT2D eigenvalue weighted by Crippen LogP contribution is 2.10. The number of unbranched alkanes of at least 4 members (excludes halogenated alkanes) is 9. The van der Waals surface area contributed by atoms with E-state index in [0.717, 1.165) is 12.8 Å². The molecule has 0 N–H and O–H groups in total. The van der Waals surface area contributed by atoms with Crippen LogP contribution in [0.3, 0.4) is 0 Å². The van der Waals surface area contributed by atoms with Crippen molar-refractivity contribution in [1.82, 2.24) is 4.57 Å². The fraction of sp³-hybridized carbons (Fsp3) is 0.778. The Morgan fingerprint density at radius 3 is 2.13 bits per heavy atom. The fourth-order valence-corrected chi connectivity index (χ4v) is 2.72. The third kappa shape index (κ3) is 10.1. The largest absolute Gasteiger partial charge is 1.00 e. The van der Waals surface area contributed by atoms with Gasteiger partial charge in [-0.05, 0) is 12.8 Å². The van der Waals surface area contributed by atoms with Gasteiger partial charge in [0.25, 0.3) is 6.23 Å². The molecule has 0 fully saturated rings. The number of nitrogens with zero attached hydrogens (tertiary/aromatic N) is 2. The van der Waals surface area contributed by atoms with Gasteiger partial charge >= 0.3 is 0 Å². The van der Waals surface area contributed by atoms with Crippen LogP contribution in [0.25, 0.3) is 0 Å². The van der Waals surface area contributed by atoms with Gasteiger partial charge in [-0.15, -0.1) is 0 Å². The third-order valence-electron chi connectivity index (χ3n) is 4.13. The van der Waals surface area contributed by atoms with Crippen LogP contribution >= 0.6 is 0 Å². The number of hydrogen-bond acceptors (Lipinski definition) is 2. The normalized spacial score (nSPS) is 11.9. The predicted molar refractivity (Wildman–Crippen MR) is 88.6 cm³/mol. The third-order valence-corrected chi connectivity index (χ3v) is 4.13. The molecule has 1 rings (SSSR count). The number of rotatable bonds is 14. The zero-order valence-electron chi connectivity index (χ0n) is 14.8. The van der Waals surface area contributed by atoms with Crippen molar-refractivity contribution in [2.24, 2.45) is 0 Å². The van der Waals surface area contributed by atoms with Crippen LogP contribution in [0.1, 0.15) is 77.4 Å². The smallest absolute Gasteiger partial charge is 0.258 e. The Morgan fingerprint density at radius 1 is 1.04 bits per heavy atom. The maximum absolute atomic E-state index is 10.8. The molecule has 1 heterocycles. The fourth-order valence-electron chi connectivity index (χ4n) is 2.72. The number of imidazole rings is 1. The first-order chi connectivity index (χ1) is 10.8. The minimum absolute atomic E-state index is 0. The van der Waals surface area contributed by atoms with E-state index in [1.165, 1.54) is 64.2 Å². The van der Waals surface area contributed by atoms with Crippen molar-refractivity contribution in [2.45, 2.75) is 83.9 Å². The quantitative estimate of drug-likeness (QED) is 0.189. The summed E-state index contributed by atoms with van der Waals surface area (Å²) in [7, 11) is 1.55. The monoisotopic (exact) mass is 436 g/mol. The molecule has 1 aromatic rings. The Balaban J connectivity index is 0.00000484. The number of methoxy groups -OCH3 is 1. The first-order valence-electron chi connectivity index (χ1n) is 8.86. The summed E-state index contributed by atoms with van der Waals surface area (Å²) in [6, 6.07) is 0. The molecule has 0 aliphatic carbocycles. The van der Waals surface area contributed by atoms with Crippen molar-refractivity contribution < 1.29 is 38.1 Å². The SMILES string of the molecule is CCCCCCCCCCCC[n+]1ccn(C(C=O)OC)c1.[I-]. The first-order valence-corrected chi connectivity index (χ1v) is 8.86. The van der Waals surface area contributed by atoms with E-state index in [2.05, 4.69) is 11.5 Å². The molecule has 0 radical (unpaired) electrons. The second kappa shape index (κ2) is 15.1. The summed E-state index contributed by atoms with van der Waals surface area (Å²) in [5, 5.41) is 0. The van der Waals surface area contributed by atoms with Crippen LogP contribution in [-0.4, -0.2) is 18.0 Å². The Labute approximate surface area is 158 Å². The Hall–Kier alpha value is -0.430. The van der Waals surface area contributed by atoms with Gasteiger partial charge in [-0.2, -0.15) is 0 Å². The molecule has 1 unspecified atom stereocenters. The van der Waals surface area contributed by atoms with Crippen molar-refractivity contribution in [3.05, 3.63) is 18.7 Å². The van der Waals surface area contributed by atoms with E-state index in [9.17, 15) is 4.79 Å². The summed E-state index contributed by atoms with van der Waals surface area (Å²) in [5.74, 6) is 0. The number of aldehydes is 1. The zero-order chi connectivity index (χ0) is 16.0. The van der Waals surface area contributed by atoms with Crippen LogP contribution in [0, 0.1) is 0 Å². The van der Waals surface area contributed by atoms with Crippen LogP contribution < -0.4 is 28.5 Å². The molecule has 0 spiro atoms. The molecule has 5 heteroatoms. The van der Waals surface area contributed by atoms with Gasteiger partial charge in [0.1, 0.15) is 12.4 Å². The number of ether oxygens (including phenoxy) is 1. The molecule has 1 aromatic heterocycles. The summed E-state index contributed by atoms with van der Waals surface area (Å²) < 4.78 is 9.01. The Morgan fingerprint density at radius 2 is 1.61 bits per heavy atom. The molecule has 0 saturated carbocycles.